The molecule has 1 rings (SSSR count). The maximum Gasteiger partial charge on any atom is 0.257 e. The molecule has 1 aromatic heterocycles. The van der Waals surface area contributed by atoms with Crippen LogP contribution in [0.5, 0.6) is 0 Å². The molecule has 0 bridgehead atoms. The van der Waals surface area contributed by atoms with Gasteiger partial charge in [-0.2, -0.15) is 5.10 Å². The van der Waals surface area contributed by atoms with Crippen molar-refractivity contribution in [3.8, 4) is 0 Å². The summed E-state index contributed by atoms with van der Waals surface area (Å²) in [7, 11) is 0. The molecule has 0 unspecified atom stereocenters. The van der Waals surface area contributed by atoms with E-state index in [0.29, 0.717) is 5.56 Å². The van der Waals surface area contributed by atoms with E-state index in [0.717, 1.165) is 4.68 Å². The average Bonchev–Trinajstić information content (AvgIpc) is 2.61. The molecular formula is C8H10ClF2N3O. The van der Waals surface area contributed by atoms with Gasteiger partial charge in [0.15, 0.2) is 0 Å². The van der Waals surface area contributed by atoms with Crippen molar-refractivity contribution >= 4 is 17.5 Å². The summed E-state index contributed by atoms with van der Waals surface area (Å²) in [6.45, 7) is -0.196. The molecule has 0 aliphatic carbocycles. The standard InChI is InChI=1S/C8H10ClF2N3O/c9-1-8(15)12-2-6-3-13-14(4-6)5-7(10)11/h3-4,7H,1-2,5H2,(H,12,15). The van der Waals surface area contributed by atoms with E-state index in [4.69, 9.17) is 11.6 Å². The summed E-state index contributed by atoms with van der Waals surface area (Å²) in [4.78, 5) is 10.8. The summed E-state index contributed by atoms with van der Waals surface area (Å²) in [6, 6.07) is 0. The van der Waals surface area contributed by atoms with Crippen LogP contribution in [-0.2, 0) is 17.9 Å². The zero-order valence-electron chi connectivity index (χ0n) is 7.79. The van der Waals surface area contributed by atoms with Crippen molar-refractivity contribution in [3.05, 3.63) is 18.0 Å². The molecule has 0 atom stereocenters. The van der Waals surface area contributed by atoms with Crippen LogP contribution in [-0.4, -0.2) is 28.0 Å². The summed E-state index contributed by atoms with van der Waals surface area (Å²) in [5.74, 6) is -0.427. The van der Waals surface area contributed by atoms with Crippen molar-refractivity contribution in [1.82, 2.24) is 15.1 Å². The second-order valence-corrected chi connectivity index (χ2v) is 3.14. The minimum atomic E-state index is -2.44. The van der Waals surface area contributed by atoms with Gasteiger partial charge in [-0.3, -0.25) is 9.48 Å². The Hall–Kier alpha value is -1.17. The predicted octanol–water partition coefficient (Wildman–Crippen LogP) is 1.00. The van der Waals surface area contributed by atoms with Crippen LogP contribution in [0.3, 0.4) is 0 Å². The molecule has 15 heavy (non-hydrogen) atoms. The SMILES string of the molecule is O=C(CCl)NCc1cnn(CC(F)F)c1. The highest BCUT2D eigenvalue weighted by atomic mass is 35.5. The normalized spacial score (nSPS) is 10.7. The van der Waals surface area contributed by atoms with Gasteiger partial charge < -0.3 is 5.32 Å². The number of hydrogen-bond donors (Lipinski definition) is 1. The van der Waals surface area contributed by atoms with Crippen LogP contribution in [0.1, 0.15) is 5.56 Å². The Morgan fingerprint density at radius 3 is 3.00 bits per heavy atom. The first-order chi connectivity index (χ1) is 7.11. The van der Waals surface area contributed by atoms with Crippen LogP contribution in [0.2, 0.25) is 0 Å². The molecule has 0 radical (unpaired) electrons. The maximum absolute atomic E-state index is 12.0. The predicted molar refractivity (Wildman–Crippen MR) is 50.8 cm³/mol. The van der Waals surface area contributed by atoms with Crippen LogP contribution >= 0.6 is 11.6 Å². The fraction of sp³-hybridized carbons (Fsp3) is 0.500. The van der Waals surface area contributed by atoms with E-state index in [1.54, 1.807) is 0 Å². The highest BCUT2D eigenvalue weighted by Crippen LogP contribution is 2.01. The lowest BCUT2D eigenvalue weighted by Gasteiger charge is -2.00. The number of carbonyl (C=O) groups is 1. The third-order valence-electron chi connectivity index (χ3n) is 1.62. The number of nitrogens with one attached hydrogen (secondary N) is 1. The van der Waals surface area contributed by atoms with Crippen LogP contribution < -0.4 is 5.32 Å². The Kier molecular flexibility index (Phi) is 4.48. The summed E-state index contributed by atoms with van der Waals surface area (Å²) in [5, 5.41) is 6.22. The van der Waals surface area contributed by atoms with E-state index in [1.165, 1.54) is 12.4 Å². The van der Waals surface area contributed by atoms with Crippen LogP contribution in [0.15, 0.2) is 12.4 Å². The first-order valence-electron chi connectivity index (χ1n) is 4.24. The van der Waals surface area contributed by atoms with E-state index < -0.39 is 13.0 Å². The molecule has 4 nitrogen and oxygen atoms in total. The summed E-state index contributed by atoms with van der Waals surface area (Å²) < 4.78 is 25.0. The molecule has 1 aromatic rings. The number of halogens is 3. The minimum Gasteiger partial charge on any atom is -0.351 e. The van der Waals surface area contributed by atoms with E-state index in [1.807, 2.05) is 0 Å². The second kappa shape index (κ2) is 5.65. The maximum atomic E-state index is 12.0. The number of aromatic nitrogens is 2. The number of alkyl halides is 3. The molecule has 0 fully saturated rings. The van der Waals surface area contributed by atoms with Crippen molar-refractivity contribution < 1.29 is 13.6 Å². The average molecular weight is 238 g/mol. The Morgan fingerprint density at radius 2 is 2.40 bits per heavy atom. The molecule has 0 aliphatic heterocycles. The van der Waals surface area contributed by atoms with Crippen molar-refractivity contribution in [2.24, 2.45) is 0 Å². The van der Waals surface area contributed by atoms with Crippen molar-refractivity contribution in [3.63, 3.8) is 0 Å². The quantitative estimate of drug-likeness (QED) is 0.777. The molecule has 0 spiro atoms. The van der Waals surface area contributed by atoms with Gasteiger partial charge >= 0.3 is 0 Å². The molecule has 0 saturated carbocycles. The third kappa shape index (κ3) is 4.24. The number of amides is 1. The van der Waals surface area contributed by atoms with Gasteiger partial charge in [0.2, 0.25) is 5.91 Å². The molecule has 0 aromatic carbocycles. The zero-order valence-corrected chi connectivity index (χ0v) is 8.55. The Labute approximate surface area is 90.2 Å². The number of carbonyl (C=O) groups excluding carboxylic acids is 1. The van der Waals surface area contributed by atoms with Gasteiger partial charge in [0, 0.05) is 18.3 Å². The highest BCUT2D eigenvalue weighted by Gasteiger charge is 2.06. The Bertz CT molecular complexity index is 329. The van der Waals surface area contributed by atoms with Gasteiger partial charge in [-0.15, -0.1) is 11.6 Å². The lowest BCUT2D eigenvalue weighted by Crippen LogP contribution is -2.23. The molecule has 0 aliphatic rings. The molecule has 0 saturated heterocycles. The minimum absolute atomic E-state index is 0.120. The van der Waals surface area contributed by atoms with Gasteiger partial charge in [-0.1, -0.05) is 0 Å². The summed E-state index contributed by atoms with van der Waals surface area (Å²) in [5.41, 5.74) is 0.661. The Morgan fingerprint density at radius 1 is 1.67 bits per heavy atom. The second-order valence-electron chi connectivity index (χ2n) is 2.87. The van der Waals surface area contributed by atoms with Crippen molar-refractivity contribution in [2.45, 2.75) is 19.5 Å². The molecule has 1 amide bonds. The fourth-order valence-electron chi connectivity index (χ4n) is 0.987. The largest absolute Gasteiger partial charge is 0.351 e. The Balaban J connectivity index is 2.42. The van der Waals surface area contributed by atoms with Gasteiger partial charge in [0.05, 0.1) is 6.20 Å². The topological polar surface area (TPSA) is 46.9 Å². The van der Waals surface area contributed by atoms with E-state index in [-0.39, 0.29) is 18.3 Å². The fourth-order valence-corrected chi connectivity index (χ4v) is 1.08. The van der Waals surface area contributed by atoms with E-state index in [2.05, 4.69) is 10.4 Å². The van der Waals surface area contributed by atoms with E-state index in [9.17, 15) is 13.6 Å². The van der Waals surface area contributed by atoms with Crippen LogP contribution in [0.4, 0.5) is 8.78 Å². The zero-order chi connectivity index (χ0) is 11.3. The summed E-state index contributed by atoms with van der Waals surface area (Å²) >= 11 is 5.26. The van der Waals surface area contributed by atoms with Gasteiger partial charge in [-0.05, 0) is 0 Å². The van der Waals surface area contributed by atoms with Crippen molar-refractivity contribution in [2.75, 3.05) is 5.88 Å². The van der Waals surface area contributed by atoms with Crippen molar-refractivity contribution in [1.29, 1.82) is 0 Å². The lowest BCUT2D eigenvalue weighted by molar-refractivity contribution is -0.118. The third-order valence-corrected chi connectivity index (χ3v) is 1.87. The van der Waals surface area contributed by atoms with E-state index >= 15 is 0 Å². The number of nitrogens with zero attached hydrogens (tertiary/aromatic N) is 2. The van der Waals surface area contributed by atoms with Crippen LogP contribution in [0, 0.1) is 0 Å². The number of hydrogen-bond acceptors (Lipinski definition) is 2. The molecule has 1 heterocycles. The van der Waals surface area contributed by atoms with Gasteiger partial charge in [0.1, 0.15) is 12.4 Å². The van der Waals surface area contributed by atoms with Gasteiger partial charge in [-0.25, -0.2) is 8.78 Å². The molecular weight excluding hydrogens is 228 g/mol. The molecule has 7 heteroatoms. The molecule has 1 N–H and O–H groups in total. The monoisotopic (exact) mass is 237 g/mol. The van der Waals surface area contributed by atoms with Gasteiger partial charge in [0.25, 0.3) is 6.43 Å². The molecule has 84 valence electrons. The highest BCUT2D eigenvalue weighted by molar-refractivity contribution is 6.27. The first-order valence-corrected chi connectivity index (χ1v) is 4.77. The van der Waals surface area contributed by atoms with Crippen LogP contribution in [0.25, 0.3) is 0 Å². The first kappa shape index (κ1) is 11.9. The summed E-state index contributed by atoms with van der Waals surface area (Å²) in [6.07, 6.45) is 0.451. The smallest absolute Gasteiger partial charge is 0.257 e. The number of rotatable bonds is 5. The lowest BCUT2D eigenvalue weighted by atomic mass is 10.3.